The highest BCUT2D eigenvalue weighted by atomic mass is 15.1. The zero-order valence-corrected chi connectivity index (χ0v) is 11.0. The third-order valence-corrected chi connectivity index (χ3v) is 3.82. The molecule has 2 nitrogen and oxygen atoms in total. The maximum Gasteiger partial charge on any atom is 0.0294 e. The lowest BCUT2D eigenvalue weighted by Crippen LogP contribution is -2.43. The minimum absolute atomic E-state index is 0.467. The van der Waals surface area contributed by atoms with Crippen molar-refractivity contribution in [1.82, 2.24) is 10.2 Å². The fourth-order valence-electron chi connectivity index (χ4n) is 2.61. The molecule has 1 heterocycles. The summed E-state index contributed by atoms with van der Waals surface area (Å²) in [5.74, 6) is 0. The van der Waals surface area contributed by atoms with Crippen LogP contribution in [0.25, 0.3) is 0 Å². The number of hydrogen-bond acceptors (Lipinski definition) is 2. The maximum atomic E-state index is 3.75. The van der Waals surface area contributed by atoms with E-state index < -0.39 is 0 Å². The van der Waals surface area contributed by atoms with Crippen LogP contribution in [0.4, 0.5) is 0 Å². The molecule has 0 bridgehead atoms. The highest BCUT2D eigenvalue weighted by molar-refractivity contribution is 5.18. The largest absolute Gasteiger partial charge is 0.307 e. The Balaban J connectivity index is 1.82. The molecule has 0 aromatic heterocycles. The van der Waals surface area contributed by atoms with Gasteiger partial charge in [0.05, 0.1) is 0 Å². The van der Waals surface area contributed by atoms with Gasteiger partial charge in [-0.05, 0) is 45.0 Å². The fraction of sp³-hybridized carbons (Fsp3) is 0.600. The van der Waals surface area contributed by atoms with Gasteiger partial charge in [-0.1, -0.05) is 37.3 Å². The number of likely N-dealkylation sites (tertiary alicyclic amines) is 1. The van der Waals surface area contributed by atoms with Crippen LogP contribution in [0.5, 0.6) is 0 Å². The predicted octanol–water partition coefficient (Wildman–Crippen LogP) is 2.82. The average Bonchev–Trinajstić information content (AvgIpc) is 2.40. The summed E-state index contributed by atoms with van der Waals surface area (Å²) in [6, 6.07) is 11.9. The van der Waals surface area contributed by atoms with E-state index in [-0.39, 0.29) is 0 Å². The van der Waals surface area contributed by atoms with Crippen molar-refractivity contribution in [3.05, 3.63) is 35.9 Å². The van der Waals surface area contributed by atoms with Crippen LogP contribution in [0.3, 0.4) is 0 Å². The smallest absolute Gasteiger partial charge is 0.0294 e. The first-order valence-corrected chi connectivity index (χ1v) is 6.83. The van der Waals surface area contributed by atoms with E-state index in [1.807, 2.05) is 0 Å². The quantitative estimate of drug-likeness (QED) is 0.858. The first kappa shape index (κ1) is 12.6. The molecular formula is C15H24N2. The Morgan fingerprint density at radius 2 is 1.88 bits per heavy atom. The van der Waals surface area contributed by atoms with Crippen LogP contribution in [0.1, 0.15) is 38.3 Å². The summed E-state index contributed by atoms with van der Waals surface area (Å²) in [6.45, 7) is 8.20. The molecule has 2 rings (SSSR count). The molecule has 1 saturated heterocycles. The van der Waals surface area contributed by atoms with E-state index in [0.29, 0.717) is 12.1 Å². The number of rotatable bonds is 4. The number of benzene rings is 1. The molecule has 1 aromatic carbocycles. The predicted molar refractivity (Wildman–Crippen MR) is 73.1 cm³/mol. The molecule has 1 aliphatic heterocycles. The summed E-state index contributed by atoms with van der Waals surface area (Å²) < 4.78 is 0. The molecule has 2 heteroatoms. The van der Waals surface area contributed by atoms with Crippen LogP contribution < -0.4 is 5.32 Å². The Labute approximate surface area is 105 Å². The highest BCUT2D eigenvalue weighted by Crippen LogP contribution is 2.16. The van der Waals surface area contributed by atoms with Gasteiger partial charge < -0.3 is 10.2 Å². The first-order valence-electron chi connectivity index (χ1n) is 6.83. The molecule has 0 radical (unpaired) electrons. The molecule has 1 atom stereocenters. The second-order valence-corrected chi connectivity index (χ2v) is 5.01. The van der Waals surface area contributed by atoms with Crippen molar-refractivity contribution in [3.8, 4) is 0 Å². The Morgan fingerprint density at radius 1 is 1.24 bits per heavy atom. The topological polar surface area (TPSA) is 15.3 Å². The summed E-state index contributed by atoms with van der Waals surface area (Å²) in [6.07, 6.45) is 2.57. The van der Waals surface area contributed by atoms with Gasteiger partial charge >= 0.3 is 0 Å². The van der Waals surface area contributed by atoms with Crippen molar-refractivity contribution < 1.29 is 0 Å². The van der Waals surface area contributed by atoms with Crippen LogP contribution >= 0.6 is 0 Å². The second-order valence-electron chi connectivity index (χ2n) is 5.01. The zero-order valence-electron chi connectivity index (χ0n) is 11.0. The van der Waals surface area contributed by atoms with Gasteiger partial charge in [-0.25, -0.2) is 0 Å². The molecule has 0 spiro atoms. The Kier molecular flexibility index (Phi) is 4.57. The van der Waals surface area contributed by atoms with Crippen molar-refractivity contribution in [2.75, 3.05) is 19.6 Å². The Morgan fingerprint density at radius 3 is 2.47 bits per heavy atom. The second kappa shape index (κ2) is 6.18. The SMILES string of the molecule is CCN1CCC(NC(C)c2ccccc2)CC1. The average molecular weight is 232 g/mol. The van der Waals surface area contributed by atoms with E-state index in [0.717, 1.165) is 0 Å². The Bertz CT molecular complexity index is 315. The van der Waals surface area contributed by atoms with Gasteiger partial charge in [0.1, 0.15) is 0 Å². The van der Waals surface area contributed by atoms with E-state index in [4.69, 9.17) is 0 Å². The first-order chi connectivity index (χ1) is 8.29. The molecule has 17 heavy (non-hydrogen) atoms. The van der Waals surface area contributed by atoms with E-state index in [1.54, 1.807) is 0 Å². The van der Waals surface area contributed by atoms with E-state index in [9.17, 15) is 0 Å². The zero-order chi connectivity index (χ0) is 12.1. The van der Waals surface area contributed by atoms with E-state index in [1.165, 1.54) is 38.0 Å². The van der Waals surface area contributed by atoms with Gasteiger partial charge in [0, 0.05) is 12.1 Å². The normalized spacial score (nSPS) is 20.4. The van der Waals surface area contributed by atoms with E-state index in [2.05, 4.69) is 54.4 Å². The summed E-state index contributed by atoms with van der Waals surface area (Å²) in [4.78, 5) is 2.53. The molecule has 0 aliphatic carbocycles. The van der Waals surface area contributed by atoms with Gasteiger partial charge in [-0.2, -0.15) is 0 Å². The van der Waals surface area contributed by atoms with Crippen LogP contribution in [0.2, 0.25) is 0 Å². The van der Waals surface area contributed by atoms with Crippen molar-refractivity contribution in [2.45, 2.75) is 38.8 Å². The third kappa shape index (κ3) is 3.55. The monoisotopic (exact) mass is 232 g/mol. The third-order valence-electron chi connectivity index (χ3n) is 3.82. The molecule has 1 N–H and O–H groups in total. The molecule has 94 valence electrons. The standard InChI is InChI=1S/C15H24N2/c1-3-17-11-9-15(10-12-17)16-13(2)14-7-5-4-6-8-14/h4-8,13,15-16H,3,9-12H2,1-2H3. The fourth-order valence-corrected chi connectivity index (χ4v) is 2.61. The van der Waals surface area contributed by atoms with Crippen LogP contribution in [0, 0.1) is 0 Å². The molecule has 1 fully saturated rings. The summed E-state index contributed by atoms with van der Waals surface area (Å²) >= 11 is 0. The van der Waals surface area contributed by atoms with Crippen LogP contribution in [-0.2, 0) is 0 Å². The number of nitrogens with zero attached hydrogens (tertiary/aromatic N) is 1. The molecular weight excluding hydrogens is 208 g/mol. The van der Waals surface area contributed by atoms with Gasteiger partial charge in [0.15, 0.2) is 0 Å². The van der Waals surface area contributed by atoms with Gasteiger partial charge in [0.25, 0.3) is 0 Å². The van der Waals surface area contributed by atoms with Crippen molar-refractivity contribution in [1.29, 1.82) is 0 Å². The maximum absolute atomic E-state index is 3.75. The molecule has 0 saturated carbocycles. The van der Waals surface area contributed by atoms with Crippen molar-refractivity contribution >= 4 is 0 Å². The van der Waals surface area contributed by atoms with Crippen LogP contribution in [0.15, 0.2) is 30.3 Å². The minimum atomic E-state index is 0.467. The number of nitrogens with one attached hydrogen (secondary N) is 1. The molecule has 1 aliphatic rings. The van der Waals surface area contributed by atoms with Gasteiger partial charge in [0.2, 0.25) is 0 Å². The van der Waals surface area contributed by atoms with E-state index >= 15 is 0 Å². The van der Waals surface area contributed by atoms with Gasteiger partial charge in [-0.3, -0.25) is 0 Å². The molecule has 1 aromatic rings. The molecule has 1 unspecified atom stereocenters. The number of piperidine rings is 1. The van der Waals surface area contributed by atoms with Crippen molar-refractivity contribution in [2.24, 2.45) is 0 Å². The Hall–Kier alpha value is -0.860. The minimum Gasteiger partial charge on any atom is -0.307 e. The molecule has 0 amide bonds. The number of hydrogen-bond donors (Lipinski definition) is 1. The van der Waals surface area contributed by atoms with Gasteiger partial charge in [-0.15, -0.1) is 0 Å². The van der Waals surface area contributed by atoms with Crippen LogP contribution in [-0.4, -0.2) is 30.6 Å². The summed E-state index contributed by atoms with van der Waals surface area (Å²) in [7, 11) is 0. The lowest BCUT2D eigenvalue weighted by molar-refractivity contribution is 0.200. The lowest BCUT2D eigenvalue weighted by atomic mass is 10.0. The summed E-state index contributed by atoms with van der Waals surface area (Å²) in [5.41, 5.74) is 1.39. The summed E-state index contributed by atoms with van der Waals surface area (Å²) in [5, 5.41) is 3.75. The van der Waals surface area contributed by atoms with Crippen molar-refractivity contribution in [3.63, 3.8) is 0 Å². The lowest BCUT2D eigenvalue weighted by Gasteiger charge is -2.33. The highest BCUT2D eigenvalue weighted by Gasteiger charge is 2.19.